The molecule has 0 bridgehead atoms. The summed E-state index contributed by atoms with van der Waals surface area (Å²) < 4.78 is 4.77. The maximum Gasteiger partial charge on any atom is 0.407 e. The highest BCUT2D eigenvalue weighted by Crippen LogP contribution is 2.23. The van der Waals surface area contributed by atoms with Gasteiger partial charge in [-0.1, -0.05) is 36.4 Å². The first-order chi connectivity index (χ1) is 9.50. The van der Waals surface area contributed by atoms with Crippen molar-refractivity contribution in [3.63, 3.8) is 0 Å². The highest BCUT2D eigenvalue weighted by molar-refractivity contribution is 5.70. The summed E-state index contributed by atoms with van der Waals surface area (Å²) >= 11 is 0. The van der Waals surface area contributed by atoms with Crippen LogP contribution < -0.4 is 10.6 Å². The molecule has 0 aliphatic carbocycles. The molecule has 0 radical (unpaired) electrons. The van der Waals surface area contributed by atoms with E-state index in [0.29, 0.717) is 18.2 Å². The Kier molecular flexibility index (Phi) is 4.45. The zero-order valence-electron chi connectivity index (χ0n) is 12.1. The van der Waals surface area contributed by atoms with Gasteiger partial charge in [-0.15, -0.1) is 6.58 Å². The van der Waals surface area contributed by atoms with Gasteiger partial charge in [0, 0.05) is 11.6 Å². The Labute approximate surface area is 120 Å². The van der Waals surface area contributed by atoms with Gasteiger partial charge in [0.25, 0.3) is 0 Å². The van der Waals surface area contributed by atoms with Crippen LogP contribution in [0.3, 0.4) is 0 Å². The van der Waals surface area contributed by atoms with Crippen molar-refractivity contribution in [2.75, 3.05) is 6.61 Å². The number of nitrogens with one attached hydrogen (secondary N) is 2. The summed E-state index contributed by atoms with van der Waals surface area (Å²) in [6.07, 6.45) is 2.87. The van der Waals surface area contributed by atoms with Crippen LogP contribution in [0.15, 0.2) is 43.0 Å². The van der Waals surface area contributed by atoms with Crippen molar-refractivity contribution in [1.29, 1.82) is 0 Å². The molecule has 0 spiro atoms. The van der Waals surface area contributed by atoms with Crippen LogP contribution in [0.1, 0.15) is 31.9 Å². The molecule has 2 heterocycles. The summed E-state index contributed by atoms with van der Waals surface area (Å²) in [6.45, 7) is 8.52. The van der Waals surface area contributed by atoms with Crippen LogP contribution >= 0.6 is 0 Å². The van der Waals surface area contributed by atoms with Gasteiger partial charge in [-0.3, -0.25) is 0 Å². The molecular formula is C16H22N2O2. The topological polar surface area (TPSA) is 50.4 Å². The number of carbonyl (C=O) groups is 1. The van der Waals surface area contributed by atoms with Crippen LogP contribution in [0.4, 0.5) is 4.79 Å². The average molecular weight is 274 g/mol. The van der Waals surface area contributed by atoms with E-state index in [2.05, 4.69) is 31.1 Å². The molecule has 0 unspecified atom stereocenters. The van der Waals surface area contributed by atoms with E-state index >= 15 is 0 Å². The lowest BCUT2D eigenvalue weighted by Gasteiger charge is -2.43. The first-order valence-electron chi connectivity index (χ1n) is 6.89. The van der Waals surface area contributed by atoms with Crippen molar-refractivity contribution in [1.82, 2.24) is 10.6 Å². The minimum Gasteiger partial charge on any atom is -0.447 e. The molecule has 1 aromatic carbocycles. The third kappa shape index (κ3) is 3.84. The maximum absolute atomic E-state index is 10.7. The second-order valence-electron chi connectivity index (χ2n) is 5.78. The molecule has 2 saturated heterocycles. The van der Waals surface area contributed by atoms with Crippen molar-refractivity contribution in [3.05, 3.63) is 48.6 Å². The largest absolute Gasteiger partial charge is 0.447 e. The smallest absolute Gasteiger partial charge is 0.407 e. The third-order valence-corrected chi connectivity index (χ3v) is 3.47. The molecule has 2 aliphatic rings. The minimum absolute atomic E-state index is 0.0266. The zero-order valence-corrected chi connectivity index (χ0v) is 12.1. The number of rotatable bonds is 2. The Morgan fingerprint density at radius 3 is 2.40 bits per heavy atom. The fraction of sp³-hybridized carbons (Fsp3) is 0.438. The van der Waals surface area contributed by atoms with E-state index in [9.17, 15) is 4.79 Å². The SMILES string of the molecule is C=C[C@@H]1CC(C)(C)N1.O=C1N[C@@H](c2ccccc2)CO1. The predicted octanol–water partition coefficient (Wildman–Crippen LogP) is 2.78. The number of hydrogen-bond acceptors (Lipinski definition) is 3. The lowest BCUT2D eigenvalue weighted by Crippen LogP contribution is -2.58. The summed E-state index contributed by atoms with van der Waals surface area (Å²) in [4.78, 5) is 10.7. The number of alkyl carbamates (subject to hydrolysis) is 1. The summed E-state index contributed by atoms with van der Waals surface area (Å²) in [5.74, 6) is 0. The molecule has 3 rings (SSSR count). The van der Waals surface area contributed by atoms with E-state index in [-0.39, 0.29) is 12.1 Å². The molecule has 2 atom stereocenters. The number of hydrogen-bond donors (Lipinski definition) is 2. The lowest BCUT2D eigenvalue weighted by atomic mass is 9.85. The van der Waals surface area contributed by atoms with E-state index < -0.39 is 0 Å². The zero-order chi connectivity index (χ0) is 14.6. The second-order valence-corrected chi connectivity index (χ2v) is 5.78. The fourth-order valence-corrected chi connectivity index (χ4v) is 2.42. The Hall–Kier alpha value is -1.81. The molecule has 2 N–H and O–H groups in total. The van der Waals surface area contributed by atoms with Gasteiger partial charge in [-0.2, -0.15) is 0 Å². The van der Waals surface area contributed by atoms with E-state index in [1.165, 1.54) is 6.42 Å². The van der Waals surface area contributed by atoms with Crippen LogP contribution in [0.2, 0.25) is 0 Å². The quantitative estimate of drug-likeness (QED) is 0.815. The van der Waals surface area contributed by atoms with Gasteiger partial charge in [0.05, 0.1) is 6.04 Å². The van der Waals surface area contributed by atoms with Crippen LogP contribution in [0.5, 0.6) is 0 Å². The van der Waals surface area contributed by atoms with Crippen molar-refractivity contribution < 1.29 is 9.53 Å². The first-order valence-corrected chi connectivity index (χ1v) is 6.89. The molecule has 4 nitrogen and oxygen atoms in total. The molecule has 1 aromatic rings. The maximum atomic E-state index is 10.7. The van der Waals surface area contributed by atoms with Gasteiger partial charge in [0.1, 0.15) is 6.61 Å². The lowest BCUT2D eigenvalue weighted by molar-refractivity contribution is 0.177. The van der Waals surface area contributed by atoms with Crippen molar-refractivity contribution in [2.45, 2.75) is 37.9 Å². The highest BCUT2D eigenvalue weighted by atomic mass is 16.6. The third-order valence-electron chi connectivity index (χ3n) is 3.47. The van der Waals surface area contributed by atoms with E-state index in [1.54, 1.807) is 0 Å². The Balaban J connectivity index is 0.000000160. The minimum atomic E-state index is -0.330. The van der Waals surface area contributed by atoms with Crippen molar-refractivity contribution in [2.24, 2.45) is 0 Å². The fourth-order valence-electron chi connectivity index (χ4n) is 2.42. The number of benzene rings is 1. The molecule has 108 valence electrons. The monoisotopic (exact) mass is 274 g/mol. The number of cyclic esters (lactones) is 1. The standard InChI is InChI=1S/C9H9NO2.C7H13N/c11-9-10-8(6-12-9)7-4-2-1-3-5-7;1-4-6-5-7(2,3)8-6/h1-5,8H,6H2,(H,10,11);4,6,8H,1,5H2,2-3H3/t8-;6-/m11/s1. The van der Waals surface area contributed by atoms with Crippen LogP contribution in [0.25, 0.3) is 0 Å². The number of carbonyl (C=O) groups excluding carboxylic acids is 1. The highest BCUT2D eigenvalue weighted by Gasteiger charge is 2.32. The Bertz CT molecular complexity index is 463. The van der Waals surface area contributed by atoms with Gasteiger partial charge in [0.15, 0.2) is 0 Å². The molecule has 2 aliphatic heterocycles. The summed E-state index contributed by atoms with van der Waals surface area (Å²) in [7, 11) is 0. The molecule has 0 saturated carbocycles. The van der Waals surface area contributed by atoms with Crippen molar-refractivity contribution in [3.8, 4) is 0 Å². The molecule has 2 fully saturated rings. The predicted molar refractivity (Wildman–Crippen MR) is 79.5 cm³/mol. The van der Waals surface area contributed by atoms with Gasteiger partial charge in [-0.05, 0) is 25.8 Å². The van der Waals surface area contributed by atoms with E-state index in [4.69, 9.17) is 4.74 Å². The summed E-state index contributed by atoms with van der Waals surface area (Å²) in [5, 5.41) is 6.06. The first kappa shape index (κ1) is 14.6. The van der Waals surface area contributed by atoms with Gasteiger partial charge in [0.2, 0.25) is 0 Å². The molecule has 20 heavy (non-hydrogen) atoms. The van der Waals surface area contributed by atoms with Gasteiger partial charge in [-0.25, -0.2) is 4.79 Å². The van der Waals surface area contributed by atoms with Crippen LogP contribution in [-0.2, 0) is 4.74 Å². The molecular weight excluding hydrogens is 252 g/mol. The average Bonchev–Trinajstić information content (AvgIpc) is 2.84. The second kappa shape index (κ2) is 6.09. The summed E-state index contributed by atoms with van der Waals surface area (Å²) in [6, 6.07) is 10.4. The summed E-state index contributed by atoms with van der Waals surface area (Å²) in [5.41, 5.74) is 1.46. The van der Waals surface area contributed by atoms with Crippen LogP contribution in [-0.4, -0.2) is 24.3 Å². The van der Waals surface area contributed by atoms with E-state index in [1.807, 2.05) is 36.4 Å². The molecule has 1 amide bonds. The molecule has 0 aromatic heterocycles. The Morgan fingerprint density at radius 1 is 1.35 bits per heavy atom. The van der Waals surface area contributed by atoms with Gasteiger partial charge < -0.3 is 15.4 Å². The normalized spacial score (nSPS) is 26.4. The van der Waals surface area contributed by atoms with Crippen molar-refractivity contribution >= 4 is 6.09 Å². The number of amides is 1. The number of ether oxygens (including phenoxy) is 1. The Morgan fingerprint density at radius 2 is 2.00 bits per heavy atom. The molecule has 4 heteroatoms. The van der Waals surface area contributed by atoms with Gasteiger partial charge >= 0.3 is 6.09 Å². The van der Waals surface area contributed by atoms with E-state index in [0.717, 1.165) is 5.56 Å². The van der Waals surface area contributed by atoms with Crippen LogP contribution in [0, 0.1) is 0 Å².